The predicted molar refractivity (Wildman–Crippen MR) is 72.7 cm³/mol. The molecule has 98 valence electrons. The van der Waals surface area contributed by atoms with Gasteiger partial charge in [0.05, 0.1) is 17.4 Å². The lowest BCUT2D eigenvalue weighted by molar-refractivity contribution is -0.384. The Morgan fingerprint density at radius 1 is 1.26 bits per heavy atom. The summed E-state index contributed by atoms with van der Waals surface area (Å²) in [5.74, 6) is 0.326. The molecule has 6 heteroatoms. The molecule has 1 aromatic heterocycles. The third-order valence-corrected chi connectivity index (χ3v) is 3.47. The maximum Gasteiger partial charge on any atom is 0.269 e. The summed E-state index contributed by atoms with van der Waals surface area (Å²) in [5.41, 5.74) is 1.67. The van der Waals surface area contributed by atoms with E-state index in [4.69, 9.17) is 4.42 Å². The Labute approximate surface area is 112 Å². The minimum Gasteiger partial charge on any atom is -0.612 e. The molecule has 0 amide bonds. The minimum absolute atomic E-state index is 0.0310. The molecule has 0 aliphatic heterocycles. The highest BCUT2D eigenvalue weighted by atomic mass is 32.2. The first-order valence-electron chi connectivity index (χ1n) is 5.46. The molecule has 0 aliphatic carbocycles. The monoisotopic (exact) mass is 277 g/mol. The normalized spacial score (nSPS) is 12.7. The third kappa shape index (κ3) is 3.97. The van der Waals surface area contributed by atoms with Gasteiger partial charge in [-0.15, -0.1) is 0 Å². The van der Waals surface area contributed by atoms with Gasteiger partial charge in [-0.1, -0.05) is 0 Å². The molecular weight excluding hydrogens is 266 g/mol. The van der Waals surface area contributed by atoms with E-state index in [-0.39, 0.29) is 5.69 Å². The van der Waals surface area contributed by atoms with Gasteiger partial charge < -0.3 is 8.97 Å². The van der Waals surface area contributed by atoms with Crippen molar-refractivity contribution < 1.29 is 13.9 Å². The summed E-state index contributed by atoms with van der Waals surface area (Å²) < 4.78 is 16.7. The molecule has 0 N–H and O–H groups in total. The third-order valence-electron chi connectivity index (χ3n) is 2.41. The molecule has 0 saturated carbocycles. The molecule has 1 aromatic carbocycles. The SMILES string of the molecule is O=[N+]([O-])c1ccc(C[S+]([O-])/C=C/c2ccoc2)cc1. The second-order valence-corrected chi connectivity index (χ2v) is 5.13. The first kappa shape index (κ1) is 13.4. The number of non-ortho nitro benzene ring substituents is 1. The van der Waals surface area contributed by atoms with Gasteiger partial charge in [-0.3, -0.25) is 10.1 Å². The van der Waals surface area contributed by atoms with Gasteiger partial charge in [0.25, 0.3) is 5.69 Å². The average molecular weight is 277 g/mol. The van der Waals surface area contributed by atoms with Crippen molar-refractivity contribution in [2.45, 2.75) is 5.75 Å². The number of benzene rings is 1. The zero-order valence-electron chi connectivity index (χ0n) is 9.89. The van der Waals surface area contributed by atoms with Gasteiger partial charge in [0, 0.05) is 23.3 Å². The fraction of sp³-hybridized carbons (Fsp3) is 0.0769. The standard InChI is InChI=1S/C13H11NO4S/c15-14(16)13-3-1-12(2-4-13)10-19(17)8-6-11-5-7-18-9-11/h1-9H,10H2/b8-6+. The largest absolute Gasteiger partial charge is 0.612 e. The Morgan fingerprint density at radius 3 is 2.58 bits per heavy atom. The average Bonchev–Trinajstić information content (AvgIpc) is 2.90. The van der Waals surface area contributed by atoms with Crippen molar-refractivity contribution in [1.29, 1.82) is 0 Å². The van der Waals surface area contributed by atoms with Crippen LogP contribution in [-0.4, -0.2) is 9.48 Å². The second-order valence-electron chi connectivity index (χ2n) is 3.81. The fourth-order valence-electron chi connectivity index (χ4n) is 1.45. The van der Waals surface area contributed by atoms with Gasteiger partial charge in [-0.05, 0) is 35.5 Å². The summed E-state index contributed by atoms with van der Waals surface area (Å²) in [4.78, 5) is 10.0. The van der Waals surface area contributed by atoms with Crippen LogP contribution in [-0.2, 0) is 16.9 Å². The molecule has 1 heterocycles. The molecule has 1 unspecified atom stereocenters. The van der Waals surface area contributed by atoms with Crippen LogP contribution in [0, 0.1) is 10.1 Å². The highest BCUT2D eigenvalue weighted by Crippen LogP contribution is 2.15. The van der Waals surface area contributed by atoms with Crippen molar-refractivity contribution in [3.05, 3.63) is 69.5 Å². The van der Waals surface area contributed by atoms with Crippen molar-refractivity contribution in [3.8, 4) is 0 Å². The molecule has 1 atom stereocenters. The Hall–Kier alpha value is -2.05. The fourth-order valence-corrected chi connectivity index (χ4v) is 2.38. The van der Waals surface area contributed by atoms with E-state index in [1.54, 1.807) is 42.2 Å². The van der Waals surface area contributed by atoms with Gasteiger partial charge >= 0.3 is 0 Å². The van der Waals surface area contributed by atoms with Crippen LogP contribution in [0.1, 0.15) is 11.1 Å². The van der Waals surface area contributed by atoms with E-state index >= 15 is 0 Å². The molecule has 0 bridgehead atoms. The first-order valence-corrected chi connectivity index (χ1v) is 6.84. The highest BCUT2D eigenvalue weighted by Gasteiger charge is 2.08. The van der Waals surface area contributed by atoms with Crippen LogP contribution in [0.5, 0.6) is 0 Å². The predicted octanol–water partition coefficient (Wildman–Crippen LogP) is 3.11. The number of furan rings is 1. The molecule has 2 aromatic rings. The Morgan fingerprint density at radius 2 is 2.00 bits per heavy atom. The van der Waals surface area contributed by atoms with Crippen LogP contribution < -0.4 is 0 Å². The summed E-state index contributed by atoms with van der Waals surface area (Å²) in [6.45, 7) is 0. The van der Waals surface area contributed by atoms with Crippen molar-refractivity contribution in [2.24, 2.45) is 0 Å². The minimum atomic E-state index is -1.17. The van der Waals surface area contributed by atoms with E-state index in [1.165, 1.54) is 12.1 Å². The van der Waals surface area contributed by atoms with Crippen LogP contribution >= 0.6 is 0 Å². The quantitative estimate of drug-likeness (QED) is 0.478. The van der Waals surface area contributed by atoms with Gasteiger partial charge in [0.2, 0.25) is 0 Å². The lowest BCUT2D eigenvalue weighted by Crippen LogP contribution is -2.00. The smallest absolute Gasteiger partial charge is 0.269 e. The number of hydrogen-bond donors (Lipinski definition) is 0. The van der Waals surface area contributed by atoms with Crippen molar-refractivity contribution >= 4 is 22.9 Å². The molecular formula is C13H11NO4S. The van der Waals surface area contributed by atoms with Crippen LogP contribution in [0.15, 0.2) is 52.7 Å². The van der Waals surface area contributed by atoms with Crippen molar-refractivity contribution in [1.82, 2.24) is 0 Å². The molecule has 5 nitrogen and oxygen atoms in total. The lowest BCUT2D eigenvalue weighted by atomic mass is 10.2. The van der Waals surface area contributed by atoms with Gasteiger partial charge in [-0.25, -0.2) is 0 Å². The van der Waals surface area contributed by atoms with E-state index in [9.17, 15) is 14.7 Å². The number of nitro groups is 1. The Kier molecular flexibility index (Phi) is 4.38. The summed E-state index contributed by atoms with van der Waals surface area (Å²) in [6.07, 6.45) is 4.81. The van der Waals surface area contributed by atoms with E-state index < -0.39 is 16.1 Å². The van der Waals surface area contributed by atoms with Crippen LogP contribution in [0.2, 0.25) is 0 Å². The lowest BCUT2D eigenvalue weighted by Gasteiger charge is -2.05. The summed E-state index contributed by atoms with van der Waals surface area (Å²) >= 11 is -1.17. The van der Waals surface area contributed by atoms with Gasteiger partial charge in [0.1, 0.15) is 11.2 Å². The maximum atomic E-state index is 11.8. The van der Waals surface area contributed by atoms with E-state index in [2.05, 4.69) is 0 Å². The summed E-state index contributed by atoms with van der Waals surface area (Å²) in [6, 6.07) is 7.81. The van der Waals surface area contributed by atoms with E-state index in [0.29, 0.717) is 5.75 Å². The number of nitrogens with zero attached hydrogens (tertiary/aromatic N) is 1. The van der Waals surface area contributed by atoms with Gasteiger partial charge in [0.15, 0.2) is 0 Å². The molecule has 0 saturated heterocycles. The van der Waals surface area contributed by atoms with E-state index in [1.807, 2.05) is 0 Å². The Bertz CT molecular complexity index is 563. The second kappa shape index (κ2) is 6.21. The number of nitro benzene ring substituents is 1. The maximum absolute atomic E-state index is 11.8. The van der Waals surface area contributed by atoms with E-state index in [0.717, 1.165) is 11.1 Å². The Balaban J connectivity index is 1.95. The number of hydrogen-bond acceptors (Lipinski definition) is 4. The zero-order valence-corrected chi connectivity index (χ0v) is 10.7. The van der Waals surface area contributed by atoms with Crippen molar-refractivity contribution in [2.75, 3.05) is 0 Å². The first-order chi connectivity index (χ1) is 9.15. The van der Waals surface area contributed by atoms with Crippen molar-refractivity contribution in [3.63, 3.8) is 0 Å². The molecule has 0 spiro atoms. The summed E-state index contributed by atoms with van der Waals surface area (Å²) in [5, 5.41) is 12.1. The van der Waals surface area contributed by atoms with Gasteiger partial charge in [-0.2, -0.15) is 0 Å². The number of rotatable bonds is 5. The summed E-state index contributed by atoms with van der Waals surface area (Å²) in [7, 11) is 0. The highest BCUT2D eigenvalue weighted by molar-refractivity contribution is 7.93. The topological polar surface area (TPSA) is 79.3 Å². The zero-order chi connectivity index (χ0) is 13.7. The molecule has 0 fully saturated rings. The molecule has 2 rings (SSSR count). The molecule has 19 heavy (non-hydrogen) atoms. The molecule has 0 radical (unpaired) electrons. The molecule has 0 aliphatic rings. The van der Waals surface area contributed by atoms with Crippen LogP contribution in [0.25, 0.3) is 6.08 Å². The van der Waals surface area contributed by atoms with Crippen LogP contribution in [0.4, 0.5) is 5.69 Å². The van der Waals surface area contributed by atoms with Crippen LogP contribution in [0.3, 0.4) is 0 Å².